The summed E-state index contributed by atoms with van der Waals surface area (Å²) in [6.07, 6.45) is 1.57. The number of esters is 1. The van der Waals surface area contributed by atoms with Gasteiger partial charge in [0, 0.05) is 5.69 Å². The number of methoxy groups -OCH3 is 1. The van der Waals surface area contributed by atoms with Crippen molar-refractivity contribution in [3.63, 3.8) is 0 Å². The van der Waals surface area contributed by atoms with E-state index in [1.54, 1.807) is 49.4 Å². The molecule has 0 bridgehead atoms. The summed E-state index contributed by atoms with van der Waals surface area (Å²) in [7, 11) is 1.43. The minimum Gasteiger partial charge on any atom is -0.504 e. The Kier molecular flexibility index (Phi) is 6.63. The molecule has 1 saturated heterocycles. The van der Waals surface area contributed by atoms with Crippen molar-refractivity contribution >= 4 is 40.6 Å². The third kappa shape index (κ3) is 4.74. The van der Waals surface area contributed by atoms with Crippen LogP contribution >= 0.6 is 11.8 Å². The molecule has 0 atom stereocenters. The first kappa shape index (κ1) is 21.3. The second-order valence-corrected chi connectivity index (χ2v) is 7.17. The summed E-state index contributed by atoms with van der Waals surface area (Å²) >= 11 is 0.835. The van der Waals surface area contributed by atoms with Gasteiger partial charge in [-0.15, -0.1) is 0 Å². The van der Waals surface area contributed by atoms with Gasteiger partial charge < -0.3 is 19.9 Å². The highest BCUT2D eigenvalue weighted by Gasteiger charge is 2.34. The molecule has 0 aromatic heterocycles. The number of hydrogen-bond donors (Lipinski definition) is 2. The van der Waals surface area contributed by atoms with Crippen molar-refractivity contribution < 1.29 is 29.0 Å². The number of phenolic OH excluding ortho intramolecular Hbond substituents is 1. The summed E-state index contributed by atoms with van der Waals surface area (Å²) in [5.41, 5.74) is 1.69. The highest BCUT2D eigenvalue weighted by molar-refractivity contribution is 8.18. The van der Waals surface area contributed by atoms with Crippen LogP contribution in [0.4, 0.5) is 10.5 Å². The molecule has 156 valence electrons. The number of nitrogens with zero attached hydrogens (tertiary/aromatic N) is 1. The molecule has 0 spiro atoms. The summed E-state index contributed by atoms with van der Waals surface area (Å²) in [6, 6.07) is 11.2. The lowest BCUT2D eigenvalue weighted by molar-refractivity contribution is -0.122. The Morgan fingerprint density at radius 1 is 1.20 bits per heavy atom. The highest BCUT2D eigenvalue weighted by atomic mass is 32.2. The van der Waals surface area contributed by atoms with Crippen molar-refractivity contribution in [2.75, 3.05) is 25.7 Å². The Balaban J connectivity index is 1.66. The average molecular weight is 428 g/mol. The second kappa shape index (κ2) is 9.36. The van der Waals surface area contributed by atoms with Gasteiger partial charge in [0.25, 0.3) is 11.1 Å². The molecule has 1 heterocycles. The number of nitrogens with one attached hydrogen (secondary N) is 1. The number of benzene rings is 2. The fourth-order valence-electron chi connectivity index (χ4n) is 2.68. The van der Waals surface area contributed by atoms with Crippen LogP contribution in [0.2, 0.25) is 0 Å². The SMILES string of the molecule is CCOC(=O)c1ccc(NCN2C(=O)SC(=Cc3ccc(O)c(OC)c3)C2=O)cc1. The van der Waals surface area contributed by atoms with E-state index in [0.29, 0.717) is 23.4 Å². The molecule has 1 aliphatic heterocycles. The number of thioether (sulfide) groups is 1. The number of aromatic hydroxyl groups is 1. The minimum atomic E-state index is -0.423. The van der Waals surface area contributed by atoms with Crippen molar-refractivity contribution in [2.45, 2.75) is 6.92 Å². The molecule has 0 unspecified atom stereocenters. The monoisotopic (exact) mass is 428 g/mol. The third-order valence-corrected chi connectivity index (χ3v) is 5.12. The van der Waals surface area contributed by atoms with Crippen molar-refractivity contribution in [3.8, 4) is 11.5 Å². The maximum absolute atomic E-state index is 12.6. The van der Waals surface area contributed by atoms with E-state index in [0.717, 1.165) is 16.7 Å². The summed E-state index contributed by atoms with van der Waals surface area (Å²) in [4.78, 5) is 37.9. The molecule has 0 saturated carbocycles. The number of imide groups is 1. The van der Waals surface area contributed by atoms with E-state index in [2.05, 4.69) is 5.32 Å². The molecule has 2 aromatic rings. The Labute approximate surface area is 177 Å². The molecule has 2 amide bonds. The molecule has 8 nitrogen and oxygen atoms in total. The van der Waals surface area contributed by atoms with Crippen molar-refractivity contribution in [3.05, 3.63) is 58.5 Å². The van der Waals surface area contributed by atoms with Crippen LogP contribution in [-0.4, -0.2) is 47.5 Å². The van der Waals surface area contributed by atoms with Crippen LogP contribution < -0.4 is 10.1 Å². The summed E-state index contributed by atoms with van der Waals surface area (Å²) in [5.74, 6) is -0.574. The number of ether oxygens (including phenoxy) is 2. The largest absolute Gasteiger partial charge is 0.504 e. The molecule has 3 rings (SSSR count). The van der Waals surface area contributed by atoms with Gasteiger partial charge in [-0.25, -0.2) is 4.79 Å². The topological polar surface area (TPSA) is 105 Å². The standard InChI is InChI=1S/C21H20N2O6S/c1-3-29-20(26)14-5-7-15(8-6-14)22-12-23-19(25)18(30-21(23)27)11-13-4-9-16(24)17(10-13)28-2/h4-11,22,24H,3,12H2,1-2H3. The Bertz CT molecular complexity index is 1000. The van der Waals surface area contributed by atoms with E-state index in [9.17, 15) is 19.5 Å². The van der Waals surface area contributed by atoms with Gasteiger partial charge in [0.1, 0.15) is 0 Å². The number of carbonyl (C=O) groups excluding carboxylic acids is 3. The molecule has 1 aliphatic rings. The van der Waals surface area contributed by atoms with Gasteiger partial charge in [0.15, 0.2) is 11.5 Å². The number of rotatable bonds is 7. The zero-order chi connectivity index (χ0) is 21.7. The average Bonchev–Trinajstić information content (AvgIpc) is 3.01. The predicted octanol–water partition coefficient (Wildman–Crippen LogP) is 3.68. The van der Waals surface area contributed by atoms with E-state index in [1.165, 1.54) is 13.2 Å². The summed E-state index contributed by atoms with van der Waals surface area (Å²) in [6.45, 7) is 2.01. The normalized spacial score (nSPS) is 14.9. The lowest BCUT2D eigenvalue weighted by Gasteiger charge is -2.14. The number of hydrogen-bond acceptors (Lipinski definition) is 8. The minimum absolute atomic E-state index is 0.0130. The van der Waals surface area contributed by atoms with Gasteiger partial charge in [0.05, 0.1) is 30.9 Å². The summed E-state index contributed by atoms with van der Waals surface area (Å²) < 4.78 is 9.99. The quantitative estimate of drug-likeness (QED) is 0.508. The molecule has 2 aromatic carbocycles. The van der Waals surface area contributed by atoms with E-state index in [-0.39, 0.29) is 23.1 Å². The molecular weight excluding hydrogens is 408 g/mol. The van der Waals surface area contributed by atoms with Gasteiger partial charge in [-0.05, 0) is 66.7 Å². The Morgan fingerprint density at radius 3 is 2.60 bits per heavy atom. The zero-order valence-corrected chi connectivity index (χ0v) is 17.2. The summed E-state index contributed by atoms with van der Waals surface area (Å²) in [5, 5.41) is 12.3. The number of phenols is 1. The molecule has 0 radical (unpaired) electrons. The van der Waals surface area contributed by atoms with E-state index in [4.69, 9.17) is 9.47 Å². The third-order valence-electron chi connectivity index (χ3n) is 4.21. The van der Waals surface area contributed by atoms with Crippen LogP contribution in [0.5, 0.6) is 11.5 Å². The van der Waals surface area contributed by atoms with Crippen molar-refractivity contribution in [1.82, 2.24) is 4.90 Å². The lowest BCUT2D eigenvalue weighted by atomic mass is 10.2. The van der Waals surface area contributed by atoms with Crippen LogP contribution in [0, 0.1) is 0 Å². The van der Waals surface area contributed by atoms with Crippen LogP contribution in [0.1, 0.15) is 22.8 Å². The maximum Gasteiger partial charge on any atom is 0.338 e. The van der Waals surface area contributed by atoms with Crippen LogP contribution in [0.15, 0.2) is 47.4 Å². The van der Waals surface area contributed by atoms with Crippen molar-refractivity contribution in [2.24, 2.45) is 0 Å². The molecule has 2 N–H and O–H groups in total. The van der Waals surface area contributed by atoms with E-state index >= 15 is 0 Å². The maximum atomic E-state index is 12.6. The lowest BCUT2D eigenvalue weighted by Crippen LogP contribution is -2.33. The molecule has 9 heteroatoms. The van der Waals surface area contributed by atoms with Crippen molar-refractivity contribution in [1.29, 1.82) is 0 Å². The van der Waals surface area contributed by atoms with Crippen LogP contribution in [-0.2, 0) is 9.53 Å². The fourth-order valence-corrected chi connectivity index (χ4v) is 3.52. The van der Waals surface area contributed by atoms with Crippen LogP contribution in [0.25, 0.3) is 6.08 Å². The molecule has 30 heavy (non-hydrogen) atoms. The zero-order valence-electron chi connectivity index (χ0n) is 16.4. The smallest absolute Gasteiger partial charge is 0.338 e. The second-order valence-electron chi connectivity index (χ2n) is 6.17. The van der Waals surface area contributed by atoms with Gasteiger partial charge in [0.2, 0.25) is 0 Å². The first-order chi connectivity index (χ1) is 14.4. The van der Waals surface area contributed by atoms with Gasteiger partial charge in [-0.2, -0.15) is 0 Å². The molecule has 0 aliphatic carbocycles. The van der Waals surface area contributed by atoms with E-state index in [1.807, 2.05) is 0 Å². The van der Waals surface area contributed by atoms with Gasteiger partial charge >= 0.3 is 5.97 Å². The first-order valence-corrected chi connectivity index (χ1v) is 9.88. The Morgan fingerprint density at radius 2 is 1.93 bits per heavy atom. The Hall–Kier alpha value is -3.46. The first-order valence-electron chi connectivity index (χ1n) is 9.06. The molecule has 1 fully saturated rings. The molecular formula is C21H20N2O6S. The number of anilines is 1. The highest BCUT2D eigenvalue weighted by Crippen LogP contribution is 2.34. The van der Waals surface area contributed by atoms with Crippen LogP contribution in [0.3, 0.4) is 0 Å². The van der Waals surface area contributed by atoms with Gasteiger partial charge in [-0.1, -0.05) is 6.07 Å². The predicted molar refractivity (Wildman–Crippen MR) is 113 cm³/mol. The fraction of sp³-hybridized carbons (Fsp3) is 0.190. The van der Waals surface area contributed by atoms with E-state index < -0.39 is 17.1 Å². The number of carbonyl (C=O) groups is 3. The number of amides is 2. The van der Waals surface area contributed by atoms with Gasteiger partial charge in [-0.3, -0.25) is 14.5 Å².